The number of rotatable bonds is 2. The molecule has 1 aromatic rings. The highest BCUT2D eigenvalue weighted by molar-refractivity contribution is 6.30. The molecule has 18 heavy (non-hydrogen) atoms. The third-order valence-electron chi connectivity index (χ3n) is 3.99. The first-order valence-electron chi connectivity index (χ1n) is 6.80. The number of benzene rings is 1. The second-order valence-corrected chi connectivity index (χ2v) is 5.98. The van der Waals surface area contributed by atoms with Crippen molar-refractivity contribution in [2.24, 2.45) is 0 Å². The van der Waals surface area contributed by atoms with E-state index in [0.29, 0.717) is 0 Å². The van der Waals surface area contributed by atoms with Crippen LogP contribution in [0.15, 0.2) is 18.2 Å². The zero-order chi connectivity index (χ0) is 13.2. The van der Waals surface area contributed by atoms with Crippen molar-refractivity contribution in [2.45, 2.75) is 39.2 Å². The predicted octanol–water partition coefficient (Wildman–Crippen LogP) is 3.62. The SMILES string of the molecule is CCC1(C)CN(c2cc(Cl)ccc2C)CCCN1. The Morgan fingerprint density at radius 1 is 1.44 bits per heavy atom. The van der Waals surface area contributed by atoms with Crippen LogP contribution in [0.3, 0.4) is 0 Å². The van der Waals surface area contributed by atoms with Crippen molar-refractivity contribution in [1.29, 1.82) is 0 Å². The molecule has 0 amide bonds. The quantitative estimate of drug-likeness (QED) is 0.880. The van der Waals surface area contributed by atoms with Crippen molar-refractivity contribution in [1.82, 2.24) is 5.32 Å². The molecule has 1 saturated heterocycles. The van der Waals surface area contributed by atoms with Gasteiger partial charge >= 0.3 is 0 Å². The highest BCUT2D eigenvalue weighted by atomic mass is 35.5. The zero-order valence-corrected chi connectivity index (χ0v) is 12.3. The van der Waals surface area contributed by atoms with Gasteiger partial charge in [0, 0.05) is 29.3 Å². The van der Waals surface area contributed by atoms with Crippen LogP contribution in [0.2, 0.25) is 5.02 Å². The Morgan fingerprint density at radius 2 is 2.22 bits per heavy atom. The standard InChI is InChI=1S/C15H23ClN2/c1-4-15(3)11-18(9-5-8-17-15)14-10-13(16)7-6-12(14)2/h6-7,10,17H,4-5,8-9,11H2,1-3H3. The smallest absolute Gasteiger partial charge is 0.0426 e. The molecule has 1 atom stereocenters. The number of aryl methyl sites for hydroxylation is 1. The first-order chi connectivity index (χ1) is 8.54. The molecular formula is C15H23ClN2. The summed E-state index contributed by atoms with van der Waals surface area (Å²) in [6.45, 7) is 9.97. The van der Waals surface area contributed by atoms with Crippen molar-refractivity contribution >= 4 is 17.3 Å². The van der Waals surface area contributed by atoms with Crippen LogP contribution in [0, 0.1) is 6.92 Å². The van der Waals surface area contributed by atoms with Crippen LogP contribution < -0.4 is 10.2 Å². The minimum Gasteiger partial charge on any atom is -0.369 e. The summed E-state index contributed by atoms with van der Waals surface area (Å²) in [6, 6.07) is 6.17. The highest BCUT2D eigenvalue weighted by Crippen LogP contribution is 2.27. The van der Waals surface area contributed by atoms with E-state index in [1.54, 1.807) is 0 Å². The summed E-state index contributed by atoms with van der Waals surface area (Å²) in [5.41, 5.74) is 2.79. The van der Waals surface area contributed by atoms with Gasteiger partial charge in [0.2, 0.25) is 0 Å². The molecule has 1 aliphatic rings. The number of hydrogen-bond donors (Lipinski definition) is 1. The van der Waals surface area contributed by atoms with E-state index in [1.807, 2.05) is 6.07 Å². The van der Waals surface area contributed by atoms with Gasteiger partial charge in [-0.25, -0.2) is 0 Å². The Bertz CT molecular complexity index is 419. The van der Waals surface area contributed by atoms with Gasteiger partial charge in [-0.15, -0.1) is 0 Å². The molecule has 1 aliphatic heterocycles. The topological polar surface area (TPSA) is 15.3 Å². The molecule has 1 aromatic carbocycles. The molecule has 1 fully saturated rings. The lowest BCUT2D eigenvalue weighted by atomic mass is 9.98. The Kier molecular flexibility index (Phi) is 4.18. The molecule has 100 valence electrons. The number of hydrogen-bond acceptors (Lipinski definition) is 2. The van der Waals surface area contributed by atoms with Crippen LogP contribution in [0.25, 0.3) is 0 Å². The number of nitrogens with zero attached hydrogens (tertiary/aromatic N) is 1. The largest absolute Gasteiger partial charge is 0.369 e. The third-order valence-corrected chi connectivity index (χ3v) is 4.22. The lowest BCUT2D eigenvalue weighted by molar-refractivity contribution is 0.366. The predicted molar refractivity (Wildman–Crippen MR) is 79.7 cm³/mol. The maximum absolute atomic E-state index is 6.14. The van der Waals surface area contributed by atoms with E-state index in [-0.39, 0.29) is 5.54 Å². The molecule has 0 aromatic heterocycles. The van der Waals surface area contributed by atoms with Crippen molar-refractivity contribution in [2.75, 3.05) is 24.5 Å². The third kappa shape index (κ3) is 2.99. The molecule has 3 heteroatoms. The average molecular weight is 267 g/mol. The molecule has 0 bridgehead atoms. The fraction of sp³-hybridized carbons (Fsp3) is 0.600. The van der Waals surface area contributed by atoms with Gasteiger partial charge in [0.1, 0.15) is 0 Å². The summed E-state index contributed by atoms with van der Waals surface area (Å²) in [5.74, 6) is 0. The molecule has 1 heterocycles. The number of halogens is 1. The molecule has 0 saturated carbocycles. The summed E-state index contributed by atoms with van der Waals surface area (Å²) in [4.78, 5) is 2.48. The Balaban J connectivity index is 2.28. The first kappa shape index (κ1) is 13.7. The van der Waals surface area contributed by atoms with Gasteiger partial charge in [-0.2, -0.15) is 0 Å². The summed E-state index contributed by atoms with van der Waals surface area (Å²) in [5, 5.41) is 4.49. The number of nitrogens with one attached hydrogen (secondary N) is 1. The summed E-state index contributed by atoms with van der Waals surface area (Å²) in [7, 11) is 0. The van der Waals surface area contributed by atoms with Gasteiger partial charge in [0.25, 0.3) is 0 Å². The minimum absolute atomic E-state index is 0.200. The van der Waals surface area contributed by atoms with E-state index in [2.05, 4.69) is 43.1 Å². The summed E-state index contributed by atoms with van der Waals surface area (Å²) in [6.07, 6.45) is 2.32. The second-order valence-electron chi connectivity index (χ2n) is 5.55. The highest BCUT2D eigenvalue weighted by Gasteiger charge is 2.27. The van der Waals surface area contributed by atoms with E-state index in [4.69, 9.17) is 11.6 Å². The van der Waals surface area contributed by atoms with Crippen LogP contribution >= 0.6 is 11.6 Å². The van der Waals surface area contributed by atoms with Gasteiger partial charge < -0.3 is 10.2 Å². The Labute approximate surface area is 115 Å². The van der Waals surface area contributed by atoms with Gasteiger partial charge in [-0.3, -0.25) is 0 Å². The van der Waals surface area contributed by atoms with Crippen molar-refractivity contribution < 1.29 is 0 Å². The van der Waals surface area contributed by atoms with E-state index in [0.717, 1.165) is 31.1 Å². The number of anilines is 1. The van der Waals surface area contributed by atoms with E-state index < -0.39 is 0 Å². The zero-order valence-electron chi connectivity index (χ0n) is 11.6. The van der Waals surface area contributed by atoms with Crippen LogP contribution in [0.5, 0.6) is 0 Å². The van der Waals surface area contributed by atoms with E-state index in [1.165, 1.54) is 17.7 Å². The molecule has 1 unspecified atom stereocenters. The van der Waals surface area contributed by atoms with E-state index >= 15 is 0 Å². The second kappa shape index (κ2) is 5.50. The van der Waals surface area contributed by atoms with Gasteiger partial charge in [-0.05, 0) is 50.9 Å². The fourth-order valence-electron chi connectivity index (χ4n) is 2.58. The normalized spacial score (nSPS) is 25.0. The van der Waals surface area contributed by atoms with Crippen LogP contribution in [0.1, 0.15) is 32.3 Å². The molecule has 1 N–H and O–H groups in total. The van der Waals surface area contributed by atoms with Crippen LogP contribution in [-0.4, -0.2) is 25.2 Å². The Morgan fingerprint density at radius 3 is 2.94 bits per heavy atom. The Hall–Kier alpha value is -0.730. The molecule has 0 radical (unpaired) electrons. The van der Waals surface area contributed by atoms with Crippen molar-refractivity contribution in [3.8, 4) is 0 Å². The first-order valence-corrected chi connectivity index (χ1v) is 7.18. The van der Waals surface area contributed by atoms with Gasteiger partial charge in [-0.1, -0.05) is 24.6 Å². The van der Waals surface area contributed by atoms with Crippen molar-refractivity contribution in [3.05, 3.63) is 28.8 Å². The lowest BCUT2D eigenvalue weighted by Crippen LogP contribution is -2.48. The maximum atomic E-state index is 6.14. The lowest BCUT2D eigenvalue weighted by Gasteiger charge is -2.34. The molecule has 2 rings (SSSR count). The fourth-order valence-corrected chi connectivity index (χ4v) is 2.75. The molecule has 2 nitrogen and oxygen atoms in total. The van der Waals surface area contributed by atoms with Crippen molar-refractivity contribution in [3.63, 3.8) is 0 Å². The minimum atomic E-state index is 0.200. The maximum Gasteiger partial charge on any atom is 0.0426 e. The van der Waals surface area contributed by atoms with Crippen LogP contribution in [-0.2, 0) is 0 Å². The molecule has 0 aliphatic carbocycles. The summed E-state index contributed by atoms with van der Waals surface area (Å²) >= 11 is 6.14. The monoisotopic (exact) mass is 266 g/mol. The summed E-state index contributed by atoms with van der Waals surface area (Å²) < 4.78 is 0. The van der Waals surface area contributed by atoms with E-state index in [9.17, 15) is 0 Å². The van der Waals surface area contributed by atoms with Gasteiger partial charge in [0.15, 0.2) is 0 Å². The van der Waals surface area contributed by atoms with Crippen LogP contribution in [0.4, 0.5) is 5.69 Å². The molecular weight excluding hydrogens is 244 g/mol. The molecule has 0 spiro atoms. The van der Waals surface area contributed by atoms with Gasteiger partial charge in [0.05, 0.1) is 0 Å². The average Bonchev–Trinajstić information content (AvgIpc) is 2.55.